The van der Waals surface area contributed by atoms with Crippen LogP contribution in [-0.4, -0.2) is 59.5 Å². The standard InChI is InChI=1S/C15H25N2O9P/c1-7-6-17(14(21)16-12(7)20)13-11(19)10(18)9(25-13)5-8(2)26-27(23,24)15(3,4)22/h6,8-11,13,18-19,22H,5H2,1-4H3,(H,23,24)(H,16,20,21)/t8?,9-,10-,11-,13?/m1/s1. The molecule has 1 aromatic heterocycles. The van der Waals surface area contributed by atoms with Crippen LogP contribution in [0.25, 0.3) is 0 Å². The lowest BCUT2D eigenvalue weighted by atomic mass is 10.1. The molecule has 0 aromatic carbocycles. The smallest absolute Gasteiger partial charge is 0.359 e. The van der Waals surface area contributed by atoms with Gasteiger partial charge in [0, 0.05) is 18.2 Å². The van der Waals surface area contributed by atoms with Crippen LogP contribution in [0.3, 0.4) is 0 Å². The summed E-state index contributed by atoms with van der Waals surface area (Å²) in [5, 5.41) is 28.2. The van der Waals surface area contributed by atoms with E-state index in [9.17, 15) is 34.4 Å². The molecule has 27 heavy (non-hydrogen) atoms. The van der Waals surface area contributed by atoms with Crippen LogP contribution in [-0.2, 0) is 13.8 Å². The van der Waals surface area contributed by atoms with E-state index in [1.807, 2.05) is 0 Å². The van der Waals surface area contributed by atoms with Crippen molar-refractivity contribution >= 4 is 7.60 Å². The monoisotopic (exact) mass is 408 g/mol. The van der Waals surface area contributed by atoms with Crippen molar-refractivity contribution in [3.63, 3.8) is 0 Å². The van der Waals surface area contributed by atoms with Crippen molar-refractivity contribution in [3.05, 3.63) is 32.6 Å². The average Bonchev–Trinajstić information content (AvgIpc) is 2.77. The summed E-state index contributed by atoms with van der Waals surface area (Å²) >= 11 is 0. The Labute approximate surface area is 154 Å². The van der Waals surface area contributed by atoms with Crippen LogP contribution in [0.4, 0.5) is 0 Å². The molecular formula is C15H25N2O9P. The van der Waals surface area contributed by atoms with Crippen molar-refractivity contribution in [1.82, 2.24) is 9.55 Å². The Bertz CT molecular complexity index is 843. The van der Waals surface area contributed by atoms with Gasteiger partial charge in [0.2, 0.25) is 0 Å². The van der Waals surface area contributed by atoms with Gasteiger partial charge in [-0.15, -0.1) is 0 Å². The van der Waals surface area contributed by atoms with Gasteiger partial charge in [-0.3, -0.25) is 18.9 Å². The fourth-order valence-electron chi connectivity index (χ4n) is 2.67. The highest BCUT2D eigenvalue weighted by Gasteiger charge is 2.46. The van der Waals surface area contributed by atoms with E-state index in [2.05, 4.69) is 4.98 Å². The number of aryl methyl sites for hydroxylation is 1. The first-order chi connectivity index (χ1) is 12.2. The van der Waals surface area contributed by atoms with Gasteiger partial charge in [0.05, 0.1) is 12.2 Å². The van der Waals surface area contributed by atoms with E-state index in [-0.39, 0.29) is 12.0 Å². The molecule has 1 saturated heterocycles. The molecule has 0 saturated carbocycles. The number of hydrogen-bond acceptors (Lipinski definition) is 8. The minimum atomic E-state index is -4.36. The van der Waals surface area contributed by atoms with Crippen LogP contribution in [0.1, 0.15) is 39.0 Å². The molecule has 1 fully saturated rings. The predicted octanol–water partition coefficient (Wildman–Crippen LogP) is -0.827. The SMILES string of the molecule is Cc1cn(C2O[C@H](CC(C)OP(=O)(O)C(C)(C)O)[C@@H](O)[C@H]2O)c(=O)[nH]c1=O. The van der Waals surface area contributed by atoms with E-state index < -0.39 is 54.8 Å². The summed E-state index contributed by atoms with van der Waals surface area (Å²) in [5.74, 6) is 0. The molecule has 1 aliphatic rings. The largest absolute Gasteiger partial charge is 0.388 e. The van der Waals surface area contributed by atoms with Crippen molar-refractivity contribution in [1.29, 1.82) is 0 Å². The Kier molecular flexibility index (Phi) is 6.18. The van der Waals surface area contributed by atoms with Gasteiger partial charge >= 0.3 is 13.3 Å². The first-order valence-corrected chi connectivity index (χ1v) is 9.89. The van der Waals surface area contributed by atoms with E-state index in [0.717, 1.165) is 18.4 Å². The van der Waals surface area contributed by atoms with Crippen molar-refractivity contribution in [2.45, 2.75) is 70.1 Å². The van der Waals surface area contributed by atoms with E-state index >= 15 is 0 Å². The van der Waals surface area contributed by atoms with E-state index in [1.54, 1.807) is 0 Å². The first kappa shape index (κ1) is 22.0. The molecule has 2 rings (SSSR count). The lowest BCUT2D eigenvalue weighted by Crippen LogP contribution is -2.38. The van der Waals surface area contributed by atoms with Gasteiger partial charge in [-0.05, 0) is 27.7 Å². The topological polar surface area (TPSA) is 171 Å². The summed E-state index contributed by atoms with van der Waals surface area (Å²) in [5.41, 5.74) is -1.17. The molecule has 6 atom stereocenters. The van der Waals surface area contributed by atoms with Gasteiger partial charge in [0.15, 0.2) is 11.6 Å². The summed E-state index contributed by atoms with van der Waals surface area (Å²) in [7, 11) is -4.36. The van der Waals surface area contributed by atoms with Crippen LogP contribution in [0.2, 0.25) is 0 Å². The van der Waals surface area contributed by atoms with E-state index in [1.165, 1.54) is 20.0 Å². The maximum absolute atomic E-state index is 12.0. The number of aromatic amines is 1. The second-order valence-corrected chi connectivity index (χ2v) is 9.54. The zero-order valence-electron chi connectivity index (χ0n) is 15.4. The maximum Gasteiger partial charge on any atom is 0.359 e. The third-order valence-corrected chi connectivity index (χ3v) is 6.36. The molecule has 0 radical (unpaired) electrons. The quantitative estimate of drug-likeness (QED) is 0.377. The Balaban J connectivity index is 2.16. The maximum atomic E-state index is 12.0. The van der Waals surface area contributed by atoms with Gasteiger partial charge in [-0.25, -0.2) is 4.79 Å². The normalized spacial score (nSPS) is 29.5. The number of ether oxygens (including phenoxy) is 1. The van der Waals surface area contributed by atoms with Crippen LogP contribution in [0, 0.1) is 6.92 Å². The molecule has 154 valence electrons. The average molecular weight is 408 g/mol. The fraction of sp³-hybridized carbons (Fsp3) is 0.733. The zero-order chi connectivity index (χ0) is 20.7. The second-order valence-electron chi connectivity index (χ2n) is 7.19. The number of aromatic nitrogens is 2. The number of nitrogens with one attached hydrogen (secondary N) is 1. The predicted molar refractivity (Wildman–Crippen MR) is 93.3 cm³/mol. The molecule has 0 amide bonds. The van der Waals surface area contributed by atoms with Gasteiger partial charge in [-0.1, -0.05) is 0 Å². The third-order valence-electron chi connectivity index (χ3n) is 4.34. The van der Waals surface area contributed by atoms with Crippen LogP contribution >= 0.6 is 7.60 Å². The number of aliphatic hydroxyl groups excluding tert-OH is 2. The first-order valence-electron chi connectivity index (χ1n) is 8.32. The highest BCUT2D eigenvalue weighted by Crippen LogP contribution is 2.54. The summed E-state index contributed by atoms with van der Waals surface area (Å²) in [6.45, 7) is 5.17. The van der Waals surface area contributed by atoms with Gasteiger partial charge < -0.3 is 29.5 Å². The molecule has 0 spiro atoms. The summed E-state index contributed by atoms with van der Waals surface area (Å²) in [6, 6.07) is 0. The number of hydrogen-bond donors (Lipinski definition) is 5. The molecule has 1 aromatic rings. The van der Waals surface area contributed by atoms with Crippen molar-refractivity contribution < 1.29 is 34.0 Å². The van der Waals surface area contributed by atoms with Crippen LogP contribution in [0.15, 0.2) is 15.8 Å². The van der Waals surface area contributed by atoms with Crippen LogP contribution < -0.4 is 11.2 Å². The Morgan fingerprint density at radius 2 is 1.96 bits per heavy atom. The number of H-pyrrole nitrogens is 1. The van der Waals surface area contributed by atoms with Gasteiger partial charge in [0.1, 0.15) is 12.2 Å². The molecular weight excluding hydrogens is 383 g/mol. The zero-order valence-corrected chi connectivity index (χ0v) is 16.3. The van der Waals surface area contributed by atoms with E-state index in [0.29, 0.717) is 0 Å². The van der Waals surface area contributed by atoms with Crippen molar-refractivity contribution in [2.75, 3.05) is 0 Å². The Morgan fingerprint density at radius 1 is 1.37 bits per heavy atom. The summed E-state index contributed by atoms with van der Waals surface area (Å²) in [4.78, 5) is 35.3. The minimum absolute atomic E-state index is 0.0908. The minimum Gasteiger partial charge on any atom is -0.388 e. The Morgan fingerprint density at radius 3 is 2.52 bits per heavy atom. The summed E-state index contributed by atoms with van der Waals surface area (Å²) < 4.78 is 23.5. The molecule has 0 aliphatic carbocycles. The number of nitrogens with zero attached hydrogens (tertiary/aromatic N) is 1. The molecule has 0 bridgehead atoms. The van der Waals surface area contributed by atoms with E-state index in [4.69, 9.17) is 9.26 Å². The lowest BCUT2D eigenvalue weighted by Gasteiger charge is -2.28. The summed E-state index contributed by atoms with van der Waals surface area (Å²) in [6.07, 6.45) is -4.93. The third kappa shape index (κ3) is 4.57. The molecule has 3 unspecified atom stereocenters. The molecule has 2 heterocycles. The van der Waals surface area contributed by atoms with Crippen molar-refractivity contribution in [3.8, 4) is 0 Å². The number of aliphatic hydroxyl groups is 3. The van der Waals surface area contributed by atoms with Crippen molar-refractivity contribution in [2.24, 2.45) is 0 Å². The molecule has 1 aliphatic heterocycles. The highest BCUT2D eigenvalue weighted by molar-refractivity contribution is 7.54. The lowest BCUT2D eigenvalue weighted by molar-refractivity contribution is -0.0510. The molecule has 5 N–H and O–H groups in total. The highest BCUT2D eigenvalue weighted by atomic mass is 31.2. The van der Waals surface area contributed by atoms with Gasteiger partial charge in [0.25, 0.3) is 5.56 Å². The fourth-order valence-corrected chi connectivity index (χ4v) is 3.50. The molecule has 11 nitrogen and oxygen atoms in total. The second kappa shape index (κ2) is 7.59. The van der Waals surface area contributed by atoms with Gasteiger partial charge in [-0.2, -0.15) is 0 Å². The number of rotatable bonds is 6. The Hall–Kier alpha value is -1.33. The molecule has 12 heteroatoms. The van der Waals surface area contributed by atoms with Crippen LogP contribution in [0.5, 0.6) is 0 Å².